The van der Waals surface area contributed by atoms with Crippen molar-refractivity contribution in [3.63, 3.8) is 0 Å². The quantitative estimate of drug-likeness (QED) is 0.164. The van der Waals surface area contributed by atoms with E-state index in [1.807, 2.05) is 0 Å². The lowest BCUT2D eigenvalue weighted by atomic mass is 9.94. The van der Waals surface area contributed by atoms with Crippen LogP contribution in [0.4, 0.5) is 17.1 Å². The molecule has 2 heterocycles. The summed E-state index contributed by atoms with van der Waals surface area (Å²) in [4.78, 5) is 2.30. The van der Waals surface area contributed by atoms with Gasteiger partial charge in [0.25, 0.3) is 0 Å². The van der Waals surface area contributed by atoms with E-state index in [4.69, 9.17) is 8.83 Å². The van der Waals surface area contributed by atoms with Gasteiger partial charge < -0.3 is 13.7 Å². The van der Waals surface area contributed by atoms with Crippen LogP contribution < -0.4 is 4.90 Å². The zero-order valence-electron chi connectivity index (χ0n) is 28.7. The summed E-state index contributed by atoms with van der Waals surface area (Å²) in [6.07, 6.45) is 0. The lowest BCUT2D eigenvalue weighted by Gasteiger charge is -2.26. The molecule has 0 saturated carbocycles. The third-order valence-corrected chi connectivity index (χ3v) is 10.7. The topological polar surface area (TPSA) is 29.5 Å². The van der Waals surface area contributed by atoms with Gasteiger partial charge in [0.1, 0.15) is 22.3 Å². The number of anilines is 3. The number of furan rings is 2. The van der Waals surface area contributed by atoms with Crippen LogP contribution in [0.2, 0.25) is 0 Å². The Kier molecular flexibility index (Phi) is 6.55. The lowest BCUT2D eigenvalue weighted by Crippen LogP contribution is -2.09. The Morgan fingerprint density at radius 3 is 1.51 bits per heavy atom. The van der Waals surface area contributed by atoms with Gasteiger partial charge in [0, 0.05) is 44.7 Å². The van der Waals surface area contributed by atoms with Gasteiger partial charge in [-0.3, -0.25) is 0 Å². The van der Waals surface area contributed by atoms with Gasteiger partial charge in [-0.25, -0.2) is 0 Å². The molecular weight excluding hydrogens is 647 g/mol. The Morgan fingerprint density at radius 1 is 0.302 bits per heavy atom. The number of nitrogens with zero attached hydrogens (tertiary/aromatic N) is 1. The maximum atomic E-state index is 6.70. The fraction of sp³-hybridized carbons (Fsp3) is 0. The van der Waals surface area contributed by atoms with E-state index in [0.717, 1.165) is 61.3 Å². The first-order chi connectivity index (χ1) is 26.2. The molecule has 53 heavy (non-hydrogen) atoms. The molecule has 3 nitrogen and oxygen atoms in total. The van der Waals surface area contributed by atoms with E-state index in [1.165, 1.54) is 43.8 Å². The highest BCUT2D eigenvalue weighted by Gasteiger charge is 2.19. The fourth-order valence-electron chi connectivity index (χ4n) is 8.09. The molecule has 3 heteroatoms. The highest BCUT2D eigenvalue weighted by atomic mass is 16.3. The molecule has 0 bridgehead atoms. The number of rotatable bonds is 6. The smallest absolute Gasteiger partial charge is 0.137 e. The monoisotopic (exact) mass is 677 g/mol. The van der Waals surface area contributed by atoms with Crippen LogP contribution >= 0.6 is 0 Å². The summed E-state index contributed by atoms with van der Waals surface area (Å²) < 4.78 is 12.9. The first-order valence-electron chi connectivity index (χ1n) is 18.0. The molecule has 9 aromatic carbocycles. The summed E-state index contributed by atoms with van der Waals surface area (Å²) in [7, 11) is 0. The molecule has 0 N–H and O–H groups in total. The summed E-state index contributed by atoms with van der Waals surface area (Å²) >= 11 is 0. The van der Waals surface area contributed by atoms with E-state index in [0.29, 0.717) is 0 Å². The molecule has 2 aromatic heterocycles. The maximum Gasteiger partial charge on any atom is 0.137 e. The molecule has 0 fully saturated rings. The van der Waals surface area contributed by atoms with Crippen molar-refractivity contribution in [3.05, 3.63) is 188 Å². The van der Waals surface area contributed by atoms with Crippen LogP contribution in [0.25, 0.3) is 88.0 Å². The Balaban J connectivity index is 1.02. The Morgan fingerprint density at radius 2 is 0.830 bits per heavy atom. The van der Waals surface area contributed by atoms with Crippen molar-refractivity contribution in [2.75, 3.05) is 4.90 Å². The second-order valence-electron chi connectivity index (χ2n) is 13.7. The lowest BCUT2D eigenvalue weighted by molar-refractivity contribution is 0.669. The molecule has 0 aliphatic rings. The maximum absolute atomic E-state index is 6.70. The van der Waals surface area contributed by atoms with Crippen molar-refractivity contribution in [2.45, 2.75) is 0 Å². The van der Waals surface area contributed by atoms with Crippen molar-refractivity contribution in [3.8, 4) is 33.4 Å². The van der Waals surface area contributed by atoms with E-state index >= 15 is 0 Å². The largest absolute Gasteiger partial charge is 0.456 e. The summed E-state index contributed by atoms with van der Waals surface area (Å²) in [6.45, 7) is 0. The molecule has 0 amide bonds. The van der Waals surface area contributed by atoms with Gasteiger partial charge in [0.15, 0.2) is 0 Å². The highest BCUT2D eigenvalue weighted by Crippen LogP contribution is 2.43. The minimum atomic E-state index is 0.851. The van der Waals surface area contributed by atoms with Crippen molar-refractivity contribution < 1.29 is 8.83 Å². The summed E-state index contributed by atoms with van der Waals surface area (Å²) in [5.74, 6) is 0. The molecule has 0 saturated heterocycles. The Bertz CT molecular complexity index is 3000. The third-order valence-electron chi connectivity index (χ3n) is 10.7. The summed E-state index contributed by atoms with van der Waals surface area (Å²) in [6, 6.07) is 66.7. The minimum absolute atomic E-state index is 0.851. The first-order valence-corrected chi connectivity index (χ1v) is 18.0. The van der Waals surface area contributed by atoms with Gasteiger partial charge in [-0.15, -0.1) is 0 Å². The molecule has 11 aromatic rings. The normalized spacial score (nSPS) is 11.8. The Hall–Kier alpha value is -7.10. The second kappa shape index (κ2) is 11.7. The zero-order chi connectivity index (χ0) is 34.9. The van der Waals surface area contributed by atoms with Gasteiger partial charge in [-0.1, -0.05) is 121 Å². The number of benzene rings is 9. The van der Waals surface area contributed by atoms with Crippen LogP contribution in [0.1, 0.15) is 0 Å². The van der Waals surface area contributed by atoms with E-state index in [-0.39, 0.29) is 0 Å². The van der Waals surface area contributed by atoms with E-state index < -0.39 is 0 Å². The zero-order valence-corrected chi connectivity index (χ0v) is 28.7. The Labute approximate surface area is 305 Å². The average molecular weight is 678 g/mol. The van der Waals surface area contributed by atoms with Crippen LogP contribution in [-0.2, 0) is 0 Å². The summed E-state index contributed by atoms with van der Waals surface area (Å²) in [5.41, 5.74) is 13.8. The first kappa shape index (κ1) is 29.6. The van der Waals surface area contributed by atoms with E-state index in [2.05, 4.69) is 193 Å². The molecule has 0 aliphatic carbocycles. The standard InChI is InChI=1S/C50H31NO2/c1-3-8-32(9-4-1)34-14-20-38(21-15-34)51(39-22-16-35(17-23-39)33-10-5-2-6-11-33)40-24-27-43-42-25-19-37(30-47(42)53-48(43)31-40)41-28-29-46-50-44(41)26-18-36-12-7-13-45(52-46)49(36)50/h1-31H. The van der Waals surface area contributed by atoms with Gasteiger partial charge >= 0.3 is 0 Å². The number of fused-ring (bicyclic) bond motifs is 3. The molecule has 0 radical (unpaired) electrons. The second-order valence-corrected chi connectivity index (χ2v) is 13.7. The molecule has 11 rings (SSSR count). The van der Waals surface area contributed by atoms with Gasteiger partial charge in [-0.05, 0) is 105 Å². The van der Waals surface area contributed by atoms with Crippen molar-refractivity contribution in [2.24, 2.45) is 0 Å². The predicted molar refractivity (Wildman–Crippen MR) is 221 cm³/mol. The average Bonchev–Trinajstić information content (AvgIpc) is 3.80. The number of hydrogen-bond acceptors (Lipinski definition) is 3. The molecule has 0 aliphatic heterocycles. The van der Waals surface area contributed by atoms with Crippen LogP contribution in [0.15, 0.2) is 197 Å². The van der Waals surface area contributed by atoms with E-state index in [9.17, 15) is 0 Å². The van der Waals surface area contributed by atoms with E-state index in [1.54, 1.807) is 0 Å². The number of hydrogen-bond donors (Lipinski definition) is 0. The molecular formula is C50H31NO2. The minimum Gasteiger partial charge on any atom is -0.456 e. The van der Waals surface area contributed by atoms with Gasteiger partial charge in [0.05, 0.1) is 0 Å². The van der Waals surface area contributed by atoms with Crippen LogP contribution in [0.5, 0.6) is 0 Å². The summed E-state index contributed by atoms with van der Waals surface area (Å²) in [5, 5.41) is 6.94. The predicted octanol–water partition coefficient (Wildman–Crippen LogP) is 14.5. The highest BCUT2D eigenvalue weighted by molar-refractivity contribution is 6.24. The fourth-order valence-corrected chi connectivity index (χ4v) is 8.09. The molecule has 248 valence electrons. The van der Waals surface area contributed by atoms with Crippen LogP contribution in [-0.4, -0.2) is 0 Å². The van der Waals surface area contributed by atoms with Crippen molar-refractivity contribution >= 4 is 71.7 Å². The molecule has 0 atom stereocenters. The van der Waals surface area contributed by atoms with Crippen LogP contribution in [0, 0.1) is 0 Å². The van der Waals surface area contributed by atoms with Gasteiger partial charge in [-0.2, -0.15) is 0 Å². The van der Waals surface area contributed by atoms with Gasteiger partial charge in [0.2, 0.25) is 0 Å². The molecule has 0 unspecified atom stereocenters. The van der Waals surface area contributed by atoms with Crippen molar-refractivity contribution in [1.82, 2.24) is 0 Å². The molecule has 0 spiro atoms. The third kappa shape index (κ3) is 4.82. The SMILES string of the molecule is c1ccc(-c2ccc(N(c3ccc(-c4ccccc4)cc3)c3ccc4c(c3)oc3cc(-c5ccc6oc7cccc8ccc5c6c87)ccc34)cc2)cc1. The van der Waals surface area contributed by atoms with Crippen molar-refractivity contribution in [1.29, 1.82) is 0 Å². The van der Waals surface area contributed by atoms with Crippen LogP contribution in [0.3, 0.4) is 0 Å².